The van der Waals surface area contributed by atoms with Crippen LogP contribution in [-0.4, -0.2) is 35.4 Å². The predicted molar refractivity (Wildman–Crippen MR) is 111 cm³/mol. The van der Waals surface area contributed by atoms with E-state index in [1.807, 2.05) is 0 Å². The van der Waals surface area contributed by atoms with Crippen molar-refractivity contribution in [2.24, 2.45) is 11.8 Å². The third-order valence-corrected chi connectivity index (χ3v) is 4.99. The SMILES string of the molecule is CC(C)C[NH+](CC(C)C)CC(O)Cn1c2ccccc2c2ccccc21. The Morgan fingerprint density at radius 1 is 0.769 bits per heavy atom. The number of hydrogen-bond donors (Lipinski definition) is 2. The zero-order valence-corrected chi connectivity index (χ0v) is 16.6. The maximum atomic E-state index is 10.9. The van der Waals surface area contributed by atoms with Gasteiger partial charge in [-0.1, -0.05) is 64.1 Å². The Hall–Kier alpha value is -1.84. The summed E-state index contributed by atoms with van der Waals surface area (Å²) in [5.74, 6) is 1.29. The lowest BCUT2D eigenvalue weighted by Crippen LogP contribution is -3.14. The second-order valence-corrected chi connectivity index (χ2v) is 8.45. The van der Waals surface area contributed by atoms with Crippen molar-refractivity contribution in [2.75, 3.05) is 19.6 Å². The number of para-hydroxylation sites is 2. The van der Waals surface area contributed by atoms with Crippen molar-refractivity contribution in [3.8, 4) is 0 Å². The first kappa shape index (κ1) is 18.9. The van der Waals surface area contributed by atoms with Crippen LogP contribution < -0.4 is 4.90 Å². The topological polar surface area (TPSA) is 29.6 Å². The van der Waals surface area contributed by atoms with Crippen LogP contribution >= 0.6 is 0 Å². The van der Waals surface area contributed by atoms with Gasteiger partial charge in [0.2, 0.25) is 0 Å². The molecule has 0 radical (unpaired) electrons. The molecule has 2 aromatic carbocycles. The van der Waals surface area contributed by atoms with Crippen molar-refractivity contribution < 1.29 is 10.0 Å². The summed E-state index contributed by atoms with van der Waals surface area (Å²) in [6, 6.07) is 17.0. The second kappa shape index (κ2) is 8.24. The lowest BCUT2D eigenvalue weighted by Gasteiger charge is -2.26. The highest BCUT2D eigenvalue weighted by Crippen LogP contribution is 2.28. The van der Waals surface area contributed by atoms with Gasteiger partial charge in [-0.05, 0) is 12.1 Å². The van der Waals surface area contributed by atoms with E-state index in [2.05, 4.69) is 80.8 Å². The van der Waals surface area contributed by atoms with Crippen molar-refractivity contribution >= 4 is 21.8 Å². The second-order valence-electron chi connectivity index (χ2n) is 8.45. The molecular formula is C23H33N2O+. The number of fused-ring (bicyclic) bond motifs is 3. The summed E-state index contributed by atoms with van der Waals surface area (Å²) in [5, 5.41) is 13.4. The van der Waals surface area contributed by atoms with Crippen LogP contribution in [0.1, 0.15) is 27.7 Å². The molecule has 1 atom stereocenters. The van der Waals surface area contributed by atoms with Crippen LogP contribution in [0.3, 0.4) is 0 Å². The molecule has 2 N–H and O–H groups in total. The van der Waals surface area contributed by atoms with Gasteiger partial charge in [0, 0.05) is 33.6 Å². The van der Waals surface area contributed by atoms with Crippen molar-refractivity contribution in [2.45, 2.75) is 40.3 Å². The van der Waals surface area contributed by atoms with Gasteiger partial charge < -0.3 is 14.6 Å². The molecule has 1 heterocycles. The Bertz CT molecular complexity index is 786. The van der Waals surface area contributed by atoms with Crippen molar-refractivity contribution in [1.29, 1.82) is 0 Å². The van der Waals surface area contributed by atoms with Crippen LogP contribution in [0.4, 0.5) is 0 Å². The summed E-state index contributed by atoms with van der Waals surface area (Å²) < 4.78 is 2.29. The van der Waals surface area contributed by atoms with Gasteiger partial charge in [-0.25, -0.2) is 0 Å². The Kier molecular flexibility index (Phi) is 6.00. The summed E-state index contributed by atoms with van der Waals surface area (Å²) in [7, 11) is 0. The standard InChI is InChI=1S/C23H32N2O/c1-17(2)13-24(14-18(3)4)15-19(26)16-25-22-11-7-5-9-20(22)21-10-6-8-12-23(21)25/h5-12,17-19,26H,13-16H2,1-4H3/p+1. The highest BCUT2D eigenvalue weighted by Gasteiger charge is 2.20. The summed E-state index contributed by atoms with van der Waals surface area (Å²) in [6.07, 6.45) is -0.346. The van der Waals surface area contributed by atoms with Gasteiger partial charge in [0.05, 0.1) is 19.6 Å². The minimum Gasteiger partial charge on any atom is -0.385 e. The van der Waals surface area contributed by atoms with Gasteiger partial charge in [0.1, 0.15) is 12.6 Å². The minimum absolute atomic E-state index is 0.346. The lowest BCUT2D eigenvalue weighted by molar-refractivity contribution is -0.909. The number of nitrogens with zero attached hydrogens (tertiary/aromatic N) is 1. The number of benzene rings is 2. The highest BCUT2D eigenvalue weighted by atomic mass is 16.3. The number of rotatable bonds is 8. The molecule has 3 nitrogen and oxygen atoms in total. The fourth-order valence-corrected chi connectivity index (χ4v) is 4.21. The number of hydrogen-bond acceptors (Lipinski definition) is 1. The monoisotopic (exact) mass is 353 g/mol. The summed E-state index contributed by atoms with van der Waals surface area (Å²) in [6.45, 7) is 12.7. The molecule has 0 aliphatic carbocycles. The van der Waals surface area contributed by atoms with Gasteiger partial charge in [-0.2, -0.15) is 0 Å². The van der Waals surface area contributed by atoms with Gasteiger partial charge in [0.25, 0.3) is 0 Å². The molecule has 0 fully saturated rings. The van der Waals surface area contributed by atoms with E-state index >= 15 is 0 Å². The Morgan fingerprint density at radius 3 is 1.69 bits per heavy atom. The quantitative estimate of drug-likeness (QED) is 0.639. The first-order valence-electron chi connectivity index (χ1n) is 9.93. The fraction of sp³-hybridized carbons (Fsp3) is 0.478. The zero-order valence-electron chi connectivity index (χ0n) is 16.6. The van der Waals surface area contributed by atoms with Crippen LogP contribution in [0.5, 0.6) is 0 Å². The molecule has 0 spiro atoms. The van der Waals surface area contributed by atoms with Crippen LogP contribution in [0, 0.1) is 11.8 Å². The minimum atomic E-state index is -0.346. The first-order valence-corrected chi connectivity index (χ1v) is 9.93. The predicted octanol–water partition coefficient (Wildman–Crippen LogP) is 3.35. The van der Waals surface area contributed by atoms with Crippen molar-refractivity contribution in [3.05, 3.63) is 48.5 Å². The highest BCUT2D eigenvalue weighted by molar-refractivity contribution is 6.07. The molecule has 0 aliphatic heterocycles. The molecule has 3 rings (SSSR count). The first-order chi connectivity index (χ1) is 12.5. The number of quaternary nitrogens is 1. The van der Waals surface area contributed by atoms with E-state index < -0.39 is 0 Å². The Labute approximate surface area is 157 Å². The average Bonchev–Trinajstić information content (AvgIpc) is 2.88. The zero-order chi connectivity index (χ0) is 18.7. The van der Waals surface area contributed by atoms with E-state index in [4.69, 9.17) is 0 Å². The molecule has 1 aromatic heterocycles. The lowest BCUT2D eigenvalue weighted by atomic mass is 10.1. The smallest absolute Gasteiger partial charge is 0.121 e. The van der Waals surface area contributed by atoms with E-state index in [1.165, 1.54) is 26.7 Å². The van der Waals surface area contributed by atoms with Crippen LogP contribution in [-0.2, 0) is 6.54 Å². The summed E-state index contributed by atoms with van der Waals surface area (Å²) in [5.41, 5.74) is 2.42. The van der Waals surface area contributed by atoms with Crippen LogP contribution in [0.15, 0.2) is 48.5 Å². The molecule has 1 unspecified atom stereocenters. The molecule has 140 valence electrons. The molecule has 0 saturated carbocycles. The number of aliphatic hydroxyl groups is 1. The van der Waals surface area contributed by atoms with E-state index in [9.17, 15) is 5.11 Å². The average molecular weight is 354 g/mol. The molecular weight excluding hydrogens is 320 g/mol. The van der Waals surface area contributed by atoms with Crippen LogP contribution in [0.25, 0.3) is 21.8 Å². The van der Waals surface area contributed by atoms with Crippen LogP contribution in [0.2, 0.25) is 0 Å². The maximum absolute atomic E-state index is 10.9. The van der Waals surface area contributed by atoms with E-state index in [1.54, 1.807) is 0 Å². The summed E-state index contributed by atoms with van der Waals surface area (Å²) in [4.78, 5) is 1.50. The normalized spacial score (nSPS) is 13.5. The summed E-state index contributed by atoms with van der Waals surface area (Å²) >= 11 is 0. The van der Waals surface area contributed by atoms with E-state index in [-0.39, 0.29) is 6.10 Å². The van der Waals surface area contributed by atoms with Gasteiger partial charge in [0.15, 0.2) is 0 Å². The van der Waals surface area contributed by atoms with Gasteiger partial charge in [-0.3, -0.25) is 0 Å². The Balaban J connectivity index is 1.85. The Morgan fingerprint density at radius 2 is 1.23 bits per heavy atom. The molecule has 0 bridgehead atoms. The maximum Gasteiger partial charge on any atom is 0.121 e. The third-order valence-electron chi connectivity index (χ3n) is 4.99. The third kappa shape index (κ3) is 4.28. The molecule has 3 heteroatoms. The van der Waals surface area contributed by atoms with Gasteiger partial charge in [-0.15, -0.1) is 0 Å². The fourth-order valence-electron chi connectivity index (χ4n) is 4.21. The van der Waals surface area contributed by atoms with Crippen molar-refractivity contribution in [3.63, 3.8) is 0 Å². The van der Waals surface area contributed by atoms with Crippen molar-refractivity contribution in [1.82, 2.24) is 4.57 Å². The number of aliphatic hydroxyl groups excluding tert-OH is 1. The molecule has 3 aromatic rings. The molecule has 0 aliphatic rings. The number of aromatic nitrogens is 1. The van der Waals surface area contributed by atoms with E-state index in [0.29, 0.717) is 18.4 Å². The molecule has 0 saturated heterocycles. The largest absolute Gasteiger partial charge is 0.385 e. The molecule has 0 amide bonds. The molecule has 26 heavy (non-hydrogen) atoms. The van der Waals surface area contributed by atoms with Gasteiger partial charge >= 0.3 is 0 Å². The van der Waals surface area contributed by atoms with E-state index in [0.717, 1.165) is 19.6 Å². The number of nitrogens with one attached hydrogen (secondary N) is 1.